The van der Waals surface area contributed by atoms with Crippen molar-refractivity contribution in [2.45, 2.75) is 31.8 Å². The quantitative estimate of drug-likeness (QED) is 0.858. The SMILES string of the molecule is CC(NC(=O)CN1CCCC1C(=O)O)c1cccs1. The maximum absolute atomic E-state index is 11.9. The lowest BCUT2D eigenvalue weighted by Crippen LogP contribution is -2.43. The highest BCUT2D eigenvalue weighted by Crippen LogP contribution is 2.19. The van der Waals surface area contributed by atoms with Crippen LogP contribution in [-0.2, 0) is 9.59 Å². The molecule has 2 heterocycles. The topological polar surface area (TPSA) is 69.6 Å². The van der Waals surface area contributed by atoms with E-state index in [2.05, 4.69) is 5.32 Å². The highest BCUT2D eigenvalue weighted by molar-refractivity contribution is 7.10. The third-order valence-corrected chi connectivity index (χ3v) is 4.40. The number of amides is 1. The number of nitrogens with one attached hydrogen (secondary N) is 1. The van der Waals surface area contributed by atoms with Gasteiger partial charge in [0, 0.05) is 4.88 Å². The zero-order chi connectivity index (χ0) is 13.8. The van der Waals surface area contributed by atoms with Crippen LogP contribution in [0.4, 0.5) is 0 Å². The van der Waals surface area contributed by atoms with Gasteiger partial charge in [0.05, 0.1) is 12.6 Å². The standard InChI is InChI=1S/C13H18N2O3S/c1-9(11-5-3-7-19-11)14-12(16)8-15-6-2-4-10(15)13(17)18/h3,5,7,9-10H,2,4,6,8H2,1H3,(H,14,16)(H,17,18). The number of hydrogen-bond acceptors (Lipinski definition) is 4. The summed E-state index contributed by atoms with van der Waals surface area (Å²) in [6.45, 7) is 2.77. The van der Waals surface area contributed by atoms with Gasteiger partial charge in [0.1, 0.15) is 6.04 Å². The molecule has 0 aromatic carbocycles. The monoisotopic (exact) mass is 282 g/mol. The van der Waals surface area contributed by atoms with Crippen molar-refractivity contribution in [3.05, 3.63) is 22.4 Å². The van der Waals surface area contributed by atoms with Gasteiger partial charge in [-0.15, -0.1) is 11.3 Å². The van der Waals surface area contributed by atoms with Crippen molar-refractivity contribution < 1.29 is 14.7 Å². The van der Waals surface area contributed by atoms with Crippen molar-refractivity contribution in [2.24, 2.45) is 0 Å². The molecule has 2 unspecified atom stereocenters. The van der Waals surface area contributed by atoms with Gasteiger partial charge in [0.15, 0.2) is 0 Å². The number of likely N-dealkylation sites (tertiary alicyclic amines) is 1. The molecule has 0 saturated carbocycles. The molecular weight excluding hydrogens is 264 g/mol. The molecule has 2 rings (SSSR count). The van der Waals surface area contributed by atoms with Crippen LogP contribution in [0.15, 0.2) is 17.5 Å². The van der Waals surface area contributed by atoms with Crippen molar-refractivity contribution in [1.29, 1.82) is 0 Å². The van der Waals surface area contributed by atoms with Crippen molar-refractivity contribution in [3.8, 4) is 0 Å². The molecule has 5 nitrogen and oxygen atoms in total. The average Bonchev–Trinajstić information content (AvgIpc) is 2.98. The van der Waals surface area contributed by atoms with Gasteiger partial charge in [0.2, 0.25) is 5.91 Å². The largest absolute Gasteiger partial charge is 0.480 e. The number of thiophene rings is 1. The van der Waals surface area contributed by atoms with Crippen LogP contribution in [0.3, 0.4) is 0 Å². The second kappa shape index (κ2) is 6.16. The number of rotatable bonds is 5. The van der Waals surface area contributed by atoms with Crippen molar-refractivity contribution >= 4 is 23.2 Å². The van der Waals surface area contributed by atoms with Gasteiger partial charge in [-0.25, -0.2) is 0 Å². The molecule has 6 heteroatoms. The minimum Gasteiger partial charge on any atom is -0.480 e. The molecule has 1 saturated heterocycles. The highest BCUT2D eigenvalue weighted by Gasteiger charge is 2.31. The molecule has 0 radical (unpaired) electrons. The smallest absolute Gasteiger partial charge is 0.320 e. The van der Waals surface area contributed by atoms with Crippen LogP contribution >= 0.6 is 11.3 Å². The van der Waals surface area contributed by atoms with Crippen LogP contribution in [0.5, 0.6) is 0 Å². The molecule has 1 amide bonds. The van der Waals surface area contributed by atoms with E-state index in [0.29, 0.717) is 13.0 Å². The first kappa shape index (κ1) is 14.0. The molecule has 1 aliphatic heterocycles. The van der Waals surface area contributed by atoms with Gasteiger partial charge in [-0.2, -0.15) is 0 Å². The summed E-state index contributed by atoms with van der Waals surface area (Å²) in [4.78, 5) is 25.8. The molecule has 104 valence electrons. The molecule has 1 fully saturated rings. The van der Waals surface area contributed by atoms with E-state index in [0.717, 1.165) is 11.3 Å². The fourth-order valence-electron chi connectivity index (χ4n) is 2.38. The maximum Gasteiger partial charge on any atom is 0.320 e. The molecule has 1 aromatic rings. The second-order valence-corrected chi connectivity index (χ2v) is 5.75. The van der Waals surface area contributed by atoms with E-state index >= 15 is 0 Å². The van der Waals surface area contributed by atoms with E-state index in [1.54, 1.807) is 16.2 Å². The number of carboxylic acids is 1. The number of carboxylic acid groups (broad SMARTS) is 1. The molecule has 0 aliphatic carbocycles. The summed E-state index contributed by atoms with van der Waals surface area (Å²) in [7, 11) is 0. The van der Waals surface area contributed by atoms with E-state index in [4.69, 9.17) is 5.11 Å². The Kier molecular flexibility index (Phi) is 4.55. The average molecular weight is 282 g/mol. The normalized spacial score (nSPS) is 21.2. The van der Waals surface area contributed by atoms with E-state index in [1.165, 1.54) is 0 Å². The Bertz CT molecular complexity index is 447. The van der Waals surface area contributed by atoms with Gasteiger partial charge in [-0.3, -0.25) is 14.5 Å². The van der Waals surface area contributed by atoms with Gasteiger partial charge in [-0.05, 0) is 37.8 Å². The minimum absolute atomic E-state index is 0.0293. The third-order valence-electron chi connectivity index (χ3n) is 3.34. The first-order valence-electron chi connectivity index (χ1n) is 6.37. The lowest BCUT2D eigenvalue weighted by Gasteiger charge is -2.21. The van der Waals surface area contributed by atoms with Crippen LogP contribution < -0.4 is 5.32 Å². The Hall–Kier alpha value is -1.40. The zero-order valence-corrected chi connectivity index (χ0v) is 11.7. The number of hydrogen-bond donors (Lipinski definition) is 2. The van der Waals surface area contributed by atoms with Crippen LogP contribution in [0.2, 0.25) is 0 Å². The van der Waals surface area contributed by atoms with E-state index < -0.39 is 12.0 Å². The number of carbonyl (C=O) groups is 2. The van der Waals surface area contributed by atoms with Gasteiger partial charge in [0.25, 0.3) is 0 Å². The summed E-state index contributed by atoms with van der Waals surface area (Å²) in [6.07, 6.45) is 1.47. The predicted molar refractivity (Wildman–Crippen MR) is 73.1 cm³/mol. The predicted octanol–water partition coefficient (Wildman–Crippen LogP) is 1.47. The number of aliphatic carboxylic acids is 1. The summed E-state index contributed by atoms with van der Waals surface area (Å²) in [5, 5.41) is 13.9. The zero-order valence-electron chi connectivity index (χ0n) is 10.8. The summed E-state index contributed by atoms with van der Waals surface area (Å²) < 4.78 is 0. The molecule has 19 heavy (non-hydrogen) atoms. The molecule has 0 bridgehead atoms. The lowest BCUT2D eigenvalue weighted by atomic mass is 10.2. The Labute approximate surface area is 116 Å². The highest BCUT2D eigenvalue weighted by atomic mass is 32.1. The van der Waals surface area contributed by atoms with Crippen LogP contribution in [-0.4, -0.2) is 41.0 Å². The summed E-state index contributed by atoms with van der Waals surface area (Å²) in [5.74, 6) is -0.953. The molecule has 0 spiro atoms. The summed E-state index contributed by atoms with van der Waals surface area (Å²) in [5.41, 5.74) is 0. The lowest BCUT2D eigenvalue weighted by molar-refractivity contribution is -0.142. The Morgan fingerprint density at radius 2 is 2.42 bits per heavy atom. The first-order chi connectivity index (χ1) is 9.08. The van der Waals surface area contributed by atoms with Crippen molar-refractivity contribution in [1.82, 2.24) is 10.2 Å². The van der Waals surface area contributed by atoms with E-state index in [1.807, 2.05) is 24.4 Å². The van der Waals surface area contributed by atoms with E-state index in [9.17, 15) is 9.59 Å². The van der Waals surface area contributed by atoms with Gasteiger partial charge < -0.3 is 10.4 Å². The first-order valence-corrected chi connectivity index (χ1v) is 7.25. The van der Waals surface area contributed by atoms with Crippen LogP contribution in [0.25, 0.3) is 0 Å². The Morgan fingerprint density at radius 1 is 1.63 bits per heavy atom. The Balaban J connectivity index is 1.86. The molecule has 1 aromatic heterocycles. The number of nitrogens with zero attached hydrogens (tertiary/aromatic N) is 1. The molecule has 2 N–H and O–H groups in total. The third kappa shape index (κ3) is 3.54. The second-order valence-electron chi connectivity index (χ2n) is 4.77. The molecule has 2 atom stereocenters. The van der Waals surface area contributed by atoms with E-state index in [-0.39, 0.29) is 18.5 Å². The fraction of sp³-hybridized carbons (Fsp3) is 0.538. The molecule has 1 aliphatic rings. The molecular formula is C13H18N2O3S. The number of carbonyl (C=O) groups excluding carboxylic acids is 1. The minimum atomic E-state index is -0.836. The van der Waals surface area contributed by atoms with Gasteiger partial charge in [-0.1, -0.05) is 6.07 Å². The summed E-state index contributed by atoms with van der Waals surface area (Å²) in [6, 6.07) is 3.39. The van der Waals surface area contributed by atoms with Crippen LogP contribution in [0.1, 0.15) is 30.7 Å². The van der Waals surface area contributed by atoms with Crippen molar-refractivity contribution in [3.63, 3.8) is 0 Å². The summed E-state index contributed by atoms with van der Waals surface area (Å²) >= 11 is 1.60. The maximum atomic E-state index is 11.9. The van der Waals surface area contributed by atoms with Gasteiger partial charge >= 0.3 is 5.97 Å². The fourth-order valence-corrected chi connectivity index (χ4v) is 3.11. The van der Waals surface area contributed by atoms with Crippen molar-refractivity contribution in [2.75, 3.05) is 13.1 Å². The van der Waals surface area contributed by atoms with Crippen LogP contribution in [0, 0.1) is 0 Å². The Morgan fingerprint density at radius 3 is 3.05 bits per heavy atom.